The van der Waals surface area contributed by atoms with Gasteiger partial charge >= 0.3 is 5.97 Å². The average molecular weight is 303 g/mol. The number of rotatable bonds is 5. The monoisotopic (exact) mass is 303 g/mol. The van der Waals surface area contributed by atoms with Gasteiger partial charge in [0, 0.05) is 5.39 Å². The van der Waals surface area contributed by atoms with E-state index in [0.717, 1.165) is 10.1 Å². The van der Waals surface area contributed by atoms with Crippen LogP contribution in [0, 0.1) is 6.92 Å². The molecule has 7 nitrogen and oxygen atoms in total. The largest absolute Gasteiger partial charge is 0.465 e. The van der Waals surface area contributed by atoms with E-state index in [1.807, 2.05) is 12.1 Å². The summed E-state index contributed by atoms with van der Waals surface area (Å²) in [5.74, 6) is -0.997. The molecule has 0 fully saturated rings. The molecule has 1 amide bonds. The number of nitrogens with zero attached hydrogens (tertiary/aromatic N) is 2. The number of carbonyl (C=O) groups is 2. The number of amides is 1. The Morgan fingerprint density at radius 2 is 1.95 bits per heavy atom. The molecular formula is C15H17N3O4. The quantitative estimate of drug-likeness (QED) is 0.807. The third kappa shape index (κ3) is 3.49. The molecule has 0 atom stereocenters. The summed E-state index contributed by atoms with van der Waals surface area (Å²) in [6, 6.07) is 7.09. The zero-order valence-corrected chi connectivity index (χ0v) is 12.5. The molecule has 0 radical (unpaired) electrons. The first kappa shape index (κ1) is 15.7. The van der Waals surface area contributed by atoms with E-state index < -0.39 is 11.9 Å². The van der Waals surface area contributed by atoms with E-state index in [1.54, 1.807) is 26.0 Å². The van der Waals surface area contributed by atoms with Crippen LogP contribution in [0.4, 0.5) is 0 Å². The second-order valence-corrected chi connectivity index (χ2v) is 4.68. The molecule has 2 aromatic rings. The number of carbonyl (C=O) groups excluding carboxylic acids is 2. The van der Waals surface area contributed by atoms with Crippen molar-refractivity contribution in [1.29, 1.82) is 0 Å². The maximum atomic E-state index is 12.3. The zero-order valence-electron chi connectivity index (χ0n) is 12.5. The van der Waals surface area contributed by atoms with Crippen molar-refractivity contribution < 1.29 is 14.3 Å². The summed E-state index contributed by atoms with van der Waals surface area (Å²) in [5, 5.41) is 7.80. The fourth-order valence-electron chi connectivity index (χ4n) is 2.09. The van der Waals surface area contributed by atoms with E-state index in [-0.39, 0.29) is 25.3 Å². The summed E-state index contributed by atoms with van der Waals surface area (Å²) in [6.45, 7) is 3.23. The van der Waals surface area contributed by atoms with Crippen molar-refractivity contribution in [1.82, 2.24) is 15.1 Å². The molecule has 1 N–H and O–H groups in total. The van der Waals surface area contributed by atoms with Crippen LogP contribution in [-0.4, -0.2) is 34.8 Å². The Labute approximate surface area is 126 Å². The molecule has 1 aromatic carbocycles. The lowest BCUT2D eigenvalue weighted by molar-refractivity contribution is -0.143. The Hall–Kier alpha value is -2.70. The highest BCUT2D eigenvalue weighted by Gasteiger charge is 2.11. The van der Waals surface area contributed by atoms with E-state index in [2.05, 4.69) is 10.4 Å². The highest BCUT2D eigenvalue weighted by Crippen LogP contribution is 2.11. The number of ether oxygens (including phenoxy) is 1. The predicted molar refractivity (Wildman–Crippen MR) is 80.4 cm³/mol. The van der Waals surface area contributed by atoms with Crippen molar-refractivity contribution in [2.75, 3.05) is 13.2 Å². The molecule has 0 bridgehead atoms. The SMILES string of the molecule is CCOC(=O)CNC(=O)Cn1nc(C)c2ccccc2c1=O. The van der Waals surface area contributed by atoms with Gasteiger partial charge in [0.1, 0.15) is 13.1 Å². The van der Waals surface area contributed by atoms with Gasteiger partial charge in [0.05, 0.1) is 17.7 Å². The number of nitrogens with one attached hydrogen (secondary N) is 1. The number of benzene rings is 1. The molecular weight excluding hydrogens is 286 g/mol. The van der Waals surface area contributed by atoms with Gasteiger partial charge in [0.25, 0.3) is 5.56 Å². The van der Waals surface area contributed by atoms with Crippen molar-refractivity contribution in [2.24, 2.45) is 0 Å². The molecule has 22 heavy (non-hydrogen) atoms. The highest BCUT2D eigenvalue weighted by atomic mass is 16.5. The number of hydrogen-bond donors (Lipinski definition) is 1. The second-order valence-electron chi connectivity index (χ2n) is 4.68. The maximum Gasteiger partial charge on any atom is 0.325 e. The van der Waals surface area contributed by atoms with Crippen LogP contribution in [0.5, 0.6) is 0 Å². The van der Waals surface area contributed by atoms with Gasteiger partial charge in [-0.3, -0.25) is 14.4 Å². The summed E-state index contributed by atoms with van der Waals surface area (Å²) in [7, 11) is 0. The molecule has 7 heteroatoms. The van der Waals surface area contributed by atoms with Gasteiger partial charge in [-0.2, -0.15) is 5.10 Å². The third-order valence-corrected chi connectivity index (χ3v) is 3.08. The lowest BCUT2D eigenvalue weighted by Crippen LogP contribution is -2.37. The van der Waals surface area contributed by atoms with Crippen LogP contribution in [-0.2, 0) is 20.9 Å². The first-order chi connectivity index (χ1) is 10.5. The number of esters is 1. The van der Waals surface area contributed by atoms with E-state index in [0.29, 0.717) is 11.1 Å². The van der Waals surface area contributed by atoms with Crippen LogP contribution >= 0.6 is 0 Å². The van der Waals surface area contributed by atoms with Gasteiger partial charge in [-0.05, 0) is 19.9 Å². The van der Waals surface area contributed by atoms with Gasteiger partial charge in [-0.25, -0.2) is 4.68 Å². The van der Waals surface area contributed by atoms with Gasteiger partial charge in [0.15, 0.2) is 0 Å². The molecule has 1 heterocycles. The molecule has 0 spiro atoms. The van der Waals surface area contributed by atoms with Crippen LogP contribution in [0.25, 0.3) is 10.8 Å². The number of aromatic nitrogens is 2. The lowest BCUT2D eigenvalue weighted by atomic mass is 10.1. The second kappa shape index (κ2) is 6.84. The number of hydrogen-bond acceptors (Lipinski definition) is 5. The average Bonchev–Trinajstić information content (AvgIpc) is 2.51. The van der Waals surface area contributed by atoms with Crippen LogP contribution in [0.3, 0.4) is 0 Å². The molecule has 116 valence electrons. The number of fused-ring (bicyclic) bond motifs is 1. The molecule has 2 rings (SSSR count). The maximum absolute atomic E-state index is 12.3. The third-order valence-electron chi connectivity index (χ3n) is 3.08. The Kier molecular flexibility index (Phi) is 4.88. The van der Waals surface area contributed by atoms with Gasteiger partial charge < -0.3 is 10.1 Å². The fraction of sp³-hybridized carbons (Fsp3) is 0.333. The minimum Gasteiger partial charge on any atom is -0.465 e. The molecule has 0 unspecified atom stereocenters. The van der Waals surface area contributed by atoms with Crippen LogP contribution in [0.1, 0.15) is 12.6 Å². The summed E-state index contributed by atoms with van der Waals surface area (Å²) in [5.41, 5.74) is 0.320. The highest BCUT2D eigenvalue weighted by molar-refractivity contribution is 5.84. The summed E-state index contributed by atoms with van der Waals surface area (Å²) < 4.78 is 5.80. The summed E-state index contributed by atoms with van der Waals surface area (Å²) >= 11 is 0. The zero-order chi connectivity index (χ0) is 16.1. The minimum absolute atomic E-state index is 0.228. The molecule has 0 aliphatic rings. The van der Waals surface area contributed by atoms with Crippen molar-refractivity contribution in [3.8, 4) is 0 Å². The minimum atomic E-state index is -0.522. The topological polar surface area (TPSA) is 90.3 Å². The van der Waals surface area contributed by atoms with E-state index in [4.69, 9.17) is 4.74 Å². The van der Waals surface area contributed by atoms with Crippen LogP contribution in [0.2, 0.25) is 0 Å². The molecule has 0 aliphatic heterocycles. The summed E-state index contributed by atoms with van der Waals surface area (Å²) in [4.78, 5) is 35.3. The Morgan fingerprint density at radius 1 is 1.27 bits per heavy atom. The Balaban J connectivity index is 2.15. The Bertz CT molecular complexity index is 767. The lowest BCUT2D eigenvalue weighted by Gasteiger charge is -2.09. The van der Waals surface area contributed by atoms with Crippen LogP contribution in [0.15, 0.2) is 29.1 Å². The smallest absolute Gasteiger partial charge is 0.325 e. The van der Waals surface area contributed by atoms with Crippen molar-refractivity contribution >= 4 is 22.6 Å². The Morgan fingerprint density at radius 3 is 2.64 bits per heavy atom. The van der Waals surface area contributed by atoms with Gasteiger partial charge in [0.2, 0.25) is 5.91 Å². The first-order valence-corrected chi connectivity index (χ1v) is 6.91. The molecule has 0 aliphatic carbocycles. The standard InChI is InChI=1S/C15H17N3O4/c1-3-22-14(20)8-16-13(19)9-18-15(21)12-7-5-4-6-11(12)10(2)17-18/h4-7H,3,8-9H2,1-2H3,(H,16,19). The first-order valence-electron chi connectivity index (χ1n) is 6.91. The fourth-order valence-corrected chi connectivity index (χ4v) is 2.09. The van der Waals surface area contributed by atoms with Crippen molar-refractivity contribution in [3.05, 3.63) is 40.3 Å². The van der Waals surface area contributed by atoms with Crippen LogP contribution < -0.4 is 10.9 Å². The van der Waals surface area contributed by atoms with Gasteiger partial charge in [-0.15, -0.1) is 0 Å². The van der Waals surface area contributed by atoms with Gasteiger partial charge in [-0.1, -0.05) is 18.2 Å². The predicted octanol–water partition coefficient (Wildman–Crippen LogP) is 0.384. The molecule has 0 saturated carbocycles. The van der Waals surface area contributed by atoms with E-state index >= 15 is 0 Å². The molecule has 1 aromatic heterocycles. The van der Waals surface area contributed by atoms with Crippen molar-refractivity contribution in [2.45, 2.75) is 20.4 Å². The number of aryl methyl sites for hydroxylation is 1. The molecule has 0 saturated heterocycles. The van der Waals surface area contributed by atoms with E-state index in [9.17, 15) is 14.4 Å². The van der Waals surface area contributed by atoms with Crippen molar-refractivity contribution in [3.63, 3.8) is 0 Å². The normalized spacial score (nSPS) is 10.5. The van der Waals surface area contributed by atoms with E-state index in [1.165, 1.54) is 0 Å². The summed E-state index contributed by atoms with van der Waals surface area (Å²) in [6.07, 6.45) is 0.